The standard InChI is InChI=1S/C23H22F3N5O2.2ClH/c1-15-11-16(30-22-21-19(28-14-29-22)7-9-31(21)10-8-27)5-6-20(15)33-18-4-2-3-17(12-18)32-13-23(24,25)26;;/h2-7,9,11-12,14H,8,10,13,27H2,1H3,(H,28,29,30);2*1H. The number of halogens is 5. The second-order valence-electron chi connectivity index (χ2n) is 7.34. The lowest BCUT2D eigenvalue weighted by Crippen LogP contribution is -2.19. The molecule has 4 aromatic rings. The fourth-order valence-electron chi connectivity index (χ4n) is 3.35. The molecule has 0 aliphatic heterocycles. The van der Waals surface area contributed by atoms with Gasteiger partial charge in [0.15, 0.2) is 12.4 Å². The highest BCUT2D eigenvalue weighted by molar-refractivity contribution is 5.88. The van der Waals surface area contributed by atoms with Crippen molar-refractivity contribution < 1.29 is 22.6 Å². The molecular weight excluding hydrogens is 506 g/mol. The summed E-state index contributed by atoms with van der Waals surface area (Å²) in [6.07, 6.45) is -0.987. The number of hydrogen-bond donors (Lipinski definition) is 2. The van der Waals surface area contributed by atoms with E-state index in [9.17, 15) is 13.2 Å². The van der Waals surface area contributed by atoms with Crippen LogP contribution in [-0.4, -0.2) is 33.9 Å². The number of fused-ring (bicyclic) bond motifs is 1. The van der Waals surface area contributed by atoms with Crippen molar-refractivity contribution in [2.24, 2.45) is 5.73 Å². The van der Waals surface area contributed by atoms with Gasteiger partial charge in [0.05, 0.1) is 5.52 Å². The molecule has 0 bridgehead atoms. The van der Waals surface area contributed by atoms with Gasteiger partial charge < -0.3 is 25.1 Å². The molecule has 188 valence electrons. The number of anilines is 2. The summed E-state index contributed by atoms with van der Waals surface area (Å²) in [6.45, 7) is 1.65. The number of nitrogens with two attached hydrogens (primary N) is 1. The number of rotatable bonds is 8. The van der Waals surface area contributed by atoms with Crippen molar-refractivity contribution in [1.29, 1.82) is 0 Å². The highest BCUT2D eigenvalue weighted by Crippen LogP contribution is 2.31. The van der Waals surface area contributed by atoms with Crippen LogP contribution in [-0.2, 0) is 6.54 Å². The fourth-order valence-corrected chi connectivity index (χ4v) is 3.35. The number of aryl methyl sites for hydroxylation is 1. The summed E-state index contributed by atoms with van der Waals surface area (Å²) in [5.41, 5.74) is 8.99. The molecule has 0 amide bonds. The van der Waals surface area contributed by atoms with Crippen LogP contribution in [0.2, 0.25) is 0 Å². The molecule has 0 radical (unpaired) electrons. The van der Waals surface area contributed by atoms with E-state index in [0.717, 1.165) is 22.3 Å². The van der Waals surface area contributed by atoms with E-state index < -0.39 is 12.8 Å². The van der Waals surface area contributed by atoms with Gasteiger partial charge >= 0.3 is 6.18 Å². The molecule has 2 aromatic heterocycles. The zero-order valence-corrected chi connectivity index (χ0v) is 20.2. The maximum Gasteiger partial charge on any atom is 0.422 e. The van der Waals surface area contributed by atoms with Gasteiger partial charge in [-0.25, -0.2) is 9.97 Å². The van der Waals surface area contributed by atoms with Gasteiger partial charge in [-0.15, -0.1) is 24.8 Å². The Bertz CT molecular complexity index is 1270. The molecule has 35 heavy (non-hydrogen) atoms. The third kappa shape index (κ3) is 7.14. The lowest BCUT2D eigenvalue weighted by atomic mass is 10.2. The van der Waals surface area contributed by atoms with Gasteiger partial charge in [-0.05, 0) is 48.9 Å². The van der Waals surface area contributed by atoms with Crippen LogP contribution in [0, 0.1) is 6.92 Å². The fraction of sp³-hybridized carbons (Fsp3) is 0.217. The van der Waals surface area contributed by atoms with E-state index in [4.69, 9.17) is 15.2 Å². The highest BCUT2D eigenvalue weighted by Gasteiger charge is 2.28. The van der Waals surface area contributed by atoms with Gasteiger partial charge in [0.2, 0.25) is 0 Å². The first-order valence-corrected chi connectivity index (χ1v) is 10.2. The van der Waals surface area contributed by atoms with Crippen LogP contribution in [0.15, 0.2) is 61.1 Å². The summed E-state index contributed by atoms with van der Waals surface area (Å²) in [6, 6.07) is 13.5. The minimum absolute atomic E-state index is 0. The Morgan fingerprint density at radius 1 is 1.03 bits per heavy atom. The average molecular weight is 530 g/mol. The summed E-state index contributed by atoms with van der Waals surface area (Å²) in [4.78, 5) is 8.67. The van der Waals surface area contributed by atoms with Crippen LogP contribution < -0.4 is 20.5 Å². The Balaban J connectivity index is 0.00000216. The first-order chi connectivity index (χ1) is 15.8. The smallest absolute Gasteiger partial charge is 0.422 e. The van der Waals surface area contributed by atoms with Crippen molar-refractivity contribution in [3.63, 3.8) is 0 Å². The minimum Gasteiger partial charge on any atom is -0.484 e. The molecule has 0 saturated heterocycles. The Morgan fingerprint density at radius 2 is 1.80 bits per heavy atom. The number of hydrogen-bond acceptors (Lipinski definition) is 6. The van der Waals surface area contributed by atoms with Gasteiger partial charge in [0, 0.05) is 31.0 Å². The van der Waals surface area contributed by atoms with Crippen LogP contribution >= 0.6 is 24.8 Å². The molecule has 0 saturated carbocycles. The van der Waals surface area contributed by atoms with Crippen LogP contribution in [0.25, 0.3) is 11.0 Å². The van der Waals surface area contributed by atoms with E-state index in [1.807, 2.05) is 35.9 Å². The first-order valence-electron chi connectivity index (χ1n) is 10.2. The zero-order valence-electron chi connectivity index (χ0n) is 18.6. The number of benzene rings is 2. The first kappa shape index (κ1) is 28.0. The Labute approximate surface area is 212 Å². The molecule has 0 atom stereocenters. The lowest BCUT2D eigenvalue weighted by molar-refractivity contribution is -0.153. The van der Waals surface area contributed by atoms with Crippen molar-refractivity contribution in [3.8, 4) is 17.2 Å². The zero-order chi connectivity index (χ0) is 23.4. The molecule has 0 fully saturated rings. The Hall–Kier alpha value is -3.21. The molecule has 12 heteroatoms. The van der Waals surface area contributed by atoms with Crippen LogP contribution in [0.1, 0.15) is 5.56 Å². The molecule has 2 heterocycles. The third-order valence-electron chi connectivity index (χ3n) is 4.79. The molecule has 4 rings (SSSR count). The topological polar surface area (TPSA) is 87.2 Å². The van der Waals surface area contributed by atoms with Gasteiger partial charge in [0.1, 0.15) is 29.1 Å². The number of aromatic nitrogens is 3. The van der Waals surface area contributed by atoms with Crippen LogP contribution in [0.3, 0.4) is 0 Å². The maximum atomic E-state index is 12.4. The van der Waals surface area contributed by atoms with Crippen molar-refractivity contribution in [2.75, 3.05) is 18.5 Å². The largest absolute Gasteiger partial charge is 0.484 e. The predicted molar refractivity (Wildman–Crippen MR) is 134 cm³/mol. The van der Waals surface area contributed by atoms with Crippen molar-refractivity contribution in [1.82, 2.24) is 14.5 Å². The van der Waals surface area contributed by atoms with Gasteiger partial charge in [-0.3, -0.25) is 0 Å². The predicted octanol–water partition coefficient (Wildman–Crippen LogP) is 6.02. The molecule has 0 aliphatic carbocycles. The van der Waals surface area contributed by atoms with Crippen molar-refractivity contribution >= 4 is 47.4 Å². The summed E-state index contributed by atoms with van der Waals surface area (Å²) in [7, 11) is 0. The van der Waals surface area contributed by atoms with E-state index in [1.165, 1.54) is 18.5 Å². The number of ether oxygens (including phenoxy) is 2. The third-order valence-corrected chi connectivity index (χ3v) is 4.79. The maximum absolute atomic E-state index is 12.4. The summed E-state index contributed by atoms with van der Waals surface area (Å²) in [5, 5.41) is 3.31. The number of nitrogens with zero attached hydrogens (tertiary/aromatic N) is 3. The molecule has 0 unspecified atom stereocenters. The van der Waals surface area contributed by atoms with E-state index in [1.54, 1.807) is 18.2 Å². The van der Waals surface area contributed by atoms with E-state index in [2.05, 4.69) is 15.3 Å². The molecule has 7 nitrogen and oxygen atoms in total. The quantitative estimate of drug-likeness (QED) is 0.290. The van der Waals surface area contributed by atoms with Crippen LogP contribution in [0.5, 0.6) is 17.2 Å². The Morgan fingerprint density at radius 3 is 2.51 bits per heavy atom. The summed E-state index contributed by atoms with van der Waals surface area (Å²) >= 11 is 0. The van der Waals surface area contributed by atoms with E-state index in [-0.39, 0.29) is 30.6 Å². The van der Waals surface area contributed by atoms with Gasteiger partial charge in [0.25, 0.3) is 0 Å². The van der Waals surface area contributed by atoms with Crippen LogP contribution in [0.4, 0.5) is 24.7 Å². The summed E-state index contributed by atoms with van der Waals surface area (Å²) < 4.78 is 49.8. The average Bonchev–Trinajstić information content (AvgIpc) is 3.18. The van der Waals surface area contributed by atoms with Gasteiger partial charge in [-0.2, -0.15) is 13.2 Å². The monoisotopic (exact) mass is 529 g/mol. The lowest BCUT2D eigenvalue weighted by Gasteiger charge is -2.14. The van der Waals surface area contributed by atoms with E-state index >= 15 is 0 Å². The number of nitrogens with one attached hydrogen (secondary N) is 1. The Kier molecular flexibility index (Phi) is 9.58. The SMILES string of the molecule is Cc1cc(Nc2ncnc3ccn(CCN)c23)ccc1Oc1cccc(OCC(F)(F)F)c1.Cl.Cl. The molecule has 3 N–H and O–H groups in total. The highest BCUT2D eigenvalue weighted by atomic mass is 35.5. The second kappa shape index (κ2) is 12.0. The molecule has 0 spiro atoms. The molecular formula is C23H24Cl2F3N5O2. The minimum atomic E-state index is -4.41. The second-order valence-corrected chi connectivity index (χ2v) is 7.34. The van der Waals surface area contributed by atoms with Gasteiger partial charge in [-0.1, -0.05) is 6.07 Å². The van der Waals surface area contributed by atoms with Crippen molar-refractivity contribution in [3.05, 3.63) is 66.6 Å². The molecule has 0 aliphatic rings. The van der Waals surface area contributed by atoms with E-state index in [0.29, 0.717) is 30.4 Å². The normalized spacial score (nSPS) is 10.9. The number of alkyl halides is 3. The van der Waals surface area contributed by atoms with Crippen molar-refractivity contribution in [2.45, 2.75) is 19.6 Å². The molecule has 2 aromatic carbocycles. The summed E-state index contributed by atoms with van der Waals surface area (Å²) in [5.74, 6) is 1.67.